The van der Waals surface area contributed by atoms with Crippen LogP contribution in [0.3, 0.4) is 0 Å². The van der Waals surface area contributed by atoms with E-state index in [1.54, 1.807) is 0 Å². The SMILES string of the molecule is CCCCCCCC/C=C\CCCCCCCC(=O)Nc1ccc2cc3ccc(N)cc3nc2c1. The summed E-state index contributed by atoms with van der Waals surface area (Å²) >= 11 is 0. The largest absolute Gasteiger partial charge is 0.399 e. The molecule has 0 fully saturated rings. The fourth-order valence-corrected chi connectivity index (χ4v) is 4.50. The van der Waals surface area contributed by atoms with Gasteiger partial charge in [-0.2, -0.15) is 0 Å². The normalized spacial score (nSPS) is 11.6. The summed E-state index contributed by atoms with van der Waals surface area (Å²) in [5.41, 5.74) is 9.13. The first-order valence-electron chi connectivity index (χ1n) is 13.7. The van der Waals surface area contributed by atoms with Crippen LogP contribution < -0.4 is 11.1 Å². The molecule has 2 aromatic carbocycles. The van der Waals surface area contributed by atoms with Gasteiger partial charge in [-0.1, -0.05) is 82.6 Å². The van der Waals surface area contributed by atoms with Gasteiger partial charge in [0.1, 0.15) is 0 Å². The highest BCUT2D eigenvalue weighted by Crippen LogP contribution is 2.24. The van der Waals surface area contributed by atoms with Crippen molar-refractivity contribution in [3.8, 4) is 0 Å². The minimum atomic E-state index is 0.0759. The van der Waals surface area contributed by atoms with Crippen LogP contribution in [0.1, 0.15) is 96.8 Å². The number of nitrogens with zero attached hydrogens (tertiary/aromatic N) is 1. The minimum Gasteiger partial charge on any atom is -0.399 e. The van der Waals surface area contributed by atoms with E-state index in [1.807, 2.05) is 36.4 Å². The maximum Gasteiger partial charge on any atom is 0.224 e. The first kappa shape index (κ1) is 26.7. The van der Waals surface area contributed by atoms with Gasteiger partial charge in [0.05, 0.1) is 11.0 Å². The number of nitrogen functional groups attached to an aromatic ring is 1. The molecule has 0 radical (unpaired) electrons. The molecule has 4 nitrogen and oxygen atoms in total. The van der Waals surface area contributed by atoms with Crippen LogP contribution in [0, 0.1) is 0 Å². The molecule has 0 saturated heterocycles. The molecule has 0 aliphatic rings. The minimum absolute atomic E-state index is 0.0759. The Hall–Kier alpha value is -2.88. The number of anilines is 2. The van der Waals surface area contributed by atoms with Crippen molar-refractivity contribution in [1.29, 1.82) is 0 Å². The average Bonchev–Trinajstić information content (AvgIpc) is 2.85. The van der Waals surface area contributed by atoms with E-state index < -0.39 is 0 Å². The number of nitrogens with two attached hydrogens (primary N) is 1. The lowest BCUT2D eigenvalue weighted by Gasteiger charge is -2.08. The third-order valence-corrected chi connectivity index (χ3v) is 6.59. The lowest BCUT2D eigenvalue weighted by atomic mass is 10.1. The van der Waals surface area contributed by atoms with Crippen molar-refractivity contribution >= 4 is 39.1 Å². The number of hydrogen-bond donors (Lipinski definition) is 2. The highest BCUT2D eigenvalue weighted by atomic mass is 16.1. The van der Waals surface area contributed by atoms with E-state index in [9.17, 15) is 4.79 Å². The number of unbranched alkanes of at least 4 members (excludes halogenated alkanes) is 11. The summed E-state index contributed by atoms with van der Waals surface area (Å²) in [4.78, 5) is 17.1. The molecule has 3 N–H and O–H groups in total. The first-order chi connectivity index (χ1) is 17.2. The smallest absolute Gasteiger partial charge is 0.224 e. The Morgan fingerprint density at radius 3 is 2.09 bits per heavy atom. The lowest BCUT2D eigenvalue weighted by Crippen LogP contribution is -2.11. The molecule has 1 aromatic heterocycles. The van der Waals surface area contributed by atoms with Crippen molar-refractivity contribution in [2.24, 2.45) is 0 Å². The topological polar surface area (TPSA) is 68.0 Å². The zero-order valence-corrected chi connectivity index (χ0v) is 21.5. The van der Waals surface area contributed by atoms with E-state index in [-0.39, 0.29) is 5.91 Å². The Bertz CT molecular complexity index is 1090. The molecule has 0 aliphatic carbocycles. The van der Waals surface area contributed by atoms with Crippen molar-refractivity contribution in [2.45, 2.75) is 96.8 Å². The third kappa shape index (κ3) is 9.71. The summed E-state index contributed by atoms with van der Waals surface area (Å²) in [6, 6.07) is 13.8. The number of carbonyl (C=O) groups excluding carboxylic acids is 1. The lowest BCUT2D eigenvalue weighted by molar-refractivity contribution is -0.116. The van der Waals surface area contributed by atoms with Gasteiger partial charge in [0.25, 0.3) is 0 Å². The Labute approximate surface area is 211 Å². The third-order valence-electron chi connectivity index (χ3n) is 6.59. The Kier molecular flexibility index (Phi) is 11.6. The molecule has 0 bridgehead atoms. The Morgan fingerprint density at radius 1 is 0.771 bits per heavy atom. The number of aromatic nitrogens is 1. The Balaban J connectivity index is 1.26. The molecular weight excluding hydrogens is 430 g/mol. The number of benzene rings is 2. The molecule has 1 amide bonds. The molecule has 1 heterocycles. The van der Waals surface area contributed by atoms with E-state index in [4.69, 9.17) is 10.7 Å². The zero-order valence-electron chi connectivity index (χ0n) is 21.5. The van der Waals surface area contributed by atoms with Crippen LogP contribution in [0.15, 0.2) is 54.6 Å². The van der Waals surface area contributed by atoms with Crippen LogP contribution in [-0.4, -0.2) is 10.9 Å². The summed E-state index contributed by atoms with van der Waals surface area (Å²) in [6.45, 7) is 2.27. The second-order valence-electron chi connectivity index (χ2n) is 9.73. The average molecular weight is 474 g/mol. The predicted molar refractivity (Wildman–Crippen MR) is 152 cm³/mol. The van der Waals surface area contributed by atoms with Crippen LogP contribution >= 0.6 is 0 Å². The summed E-state index contributed by atoms with van der Waals surface area (Å²) < 4.78 is 0. The molecule has 0 aliphatic heterocycles. The number of amides is 1. The molecule has 35 heavy (non-hydrogen) atoms. The number of nitrogens with one attached hydrogen (secondary N) is 1. The van der Waals surface area contributed by atoms with Crippen LogP contribution in [0.5, 0.6) is 0 Å². The summed E-state index contributed by atoms with van der Waals surface area (Å²) in [5, 5.41) is 5.15. The maximum atomic E-state index is 12.4. The van der Waals surface area contributed by atoms with Gasteiger partial charge in [-0.05, 0) is 62.4 Å². The Morgan fingerprint density at radius 2 is 1.37 bits per heavy atom. The van der Waals surface area contributed by atoms with E-state index in [0.29, 0.717) is 12.1 Å². The van der Waals surface area contributed by atoms with Gasteiger partial charge in [0, 0.05) is 28.6 Å². The van der Waals surface area contributed by atoms with Crippen molar-refractivity contribution < 1.29 is 4.79 Å². The monoisotopic (exact) mass is 473 g/mol. The number of pyridine rings is 1. The molecule has 0 unspecified atom stereocenters. The van der Waals surface area contributed by atoms with E-state index in [2.05, 4.69) is 30.5 Å². The molecule has 0 spiro atoms. The van der Waals surface area contributed by atoms with E-state index in [0.717, 1.165) is 40.3 Å². The van der Waals surface area contributed by atoms with Gasteiger partial charge in [0.15, 0.2) is 0 Å². The maximum absolute atomic E-state index is 12.4. The second-order valence-corrected chi connectivity index (χ2v) is 9.73. The fraction of sp³-hybridized carbons (Fsp3) is 0.484. The number of fused-ring (bicyclic) bond motifs is 2. The van der Waals surface area contributed by atoms with E-state index in [1.165, 1.54) is 70.6 Å². The van der Waals surface area contributed by atoms with Crippen molar-refractivity contribution in [3.05, 3.63) is 54.6 Å². The standard InChI is InChI=1S/C31H43N3O/c1-2-3-4-5-6-7-8-9-10-11-12-13-14-15-16-17-31(35)33-28-21-19-26-22-25-18-20-27(32)23-29(25)34-30(26)24-28/h9-10,18-24H,2-8,11-17,32H2,1H3,(H,33,35)/b10-9-. The highest BCUT2D eigenvalue weighted by Gasteiger charge is 2.05. The van der Waals surface area contributed by atoms with Crippen LogP contribution in [0.4, 0.5) is 11.4 Å². The van der Waals surface area contributed by atoms with Gasteiger partial charge in [-0.3, -0.25) is 4.79 Å². The molecule has 3 aromatic rings. The molecule has 0 atom stereocenters. The summed E-state index contributed by atoms with van der Waals surface area (Å²) in [6.07, 6.45) is 21.7. The molecule has 4 heteroatoms. The summed E-state index contributed by atoms with van der Waals surface area (Å²) in [7, 11) is 0. The van der Waals surface area contributed by atoms with Crippen molar-refractivity contribution in [3.63, 3.8) is 0 Å². The molecule has 3 rings (SSSR count). The zero-order chi connectivity index (χ0) is 24.7. The molecule has 0 saturated carbocycles. The van der Waals surface area contributed by atoms with Crippen LogP contribution in [0.25, 0.3) is 21.8 Å². The van der Waals surface area contributed by atoms with Crippen molar-refractivity contribution in [1.82, 2.24) is 4.98 Å². The van der Waals surface area contributed by atoms with Gasteiger partial charge in [-0.15, -0.1) is 0 Å². The number of rotatable bonds is 16. The van der Waals surface area contributed by atoms with E-state index >= 15 is 0 Å². The van der Waals surface area contributed by atoms with Gasteiger partial charge >= 0.3 is 0 Å². The van der Waals surface area contributed by atoms with Gasteiger partial charge < -0.3 is 11.1 Å². The fourth-order valence-electron chi connectivity index (χ4n) is 4.50. The summed E-state index contributed by atoms with van der Waals surface area (Å²) in [5.74, 6) is 0.0759. The predicted octanol–water partition coefficient (Wildman–Crippen LogP) is 8.95. The number of carbonyl (C=O) groups is 1. The van der Waals surface area contributed by atoms with Crippen molar-refractivity contribution in [2.75, 3.05) is 11.1 Å². The van der Waals surface area contributed by atoms with Gasteiger partial charge in [-0.25, -0.2) is 4.98 Å². The number of allylic oxidation sites excluding steroid dienone is 2. The highest BCUT2D eigenvalue weighted by molar-refractivity contribution is 5.97. The molecule has 188 valence electrons. The van der Waals surface area contributed by atoms with Crippen LogP contribution in [-0.2, 0) is 4.79 Å². The van der Waals surface area contributed by atoms with Crippen LogP contribution in [0.2, 0.25) is 0 Å². The quantitative estimate of drug-likeness (QED) is 0.0944. The first-order valence-corrected chi connectivity index (χ1v) is 13.7. The number of hydrogen-bond acceptors (Lipinski definition) is 3. The molecular formula is C31H43N3O. The van der Waals surface area contributed by atoms with Gasteiger partial charge in [0.2, 0.25) is 5.91 Å². The second kappa shape index (κ2) is 15.2.